The van der Waals surface area contributed by atoms with Gasteiger partial charge in [0.1, 0.15) is 17.6 Å². The van der Waals surface area contributed by atoms with E-state index in [1.807, 2.05) is 64.1 Å². The largest absolute Gasteiger partial charge is 0.397 e. The van der Waals surface area contributed by atoms with Crippen LogP contribution in [0.3, 0.4) is 0 Å². The van der Waals surface area contributed by atoms with Crippen LogP contribution in [0.4, 0.5) is 22.7 Å². The Bertz CT molecular complexity index is 2320. The number of nitrogens with one attached hydrogen (secondary N) is 4. The molecule has 3 fully saturated rings. The van der Waals surface area contributed by atoms with E-state index in [9.17, 15) is 26.4 Å². The van der Waals surface area contributed by atoms with Gasteiger partial charge in [-0.05, 0) is 88.8 Å². The lowest BCUT2D eigenvalue weighted by atomic mass is 10.0. The Morgan fingerprint density at radius 1 is 0.772 bits per heavy atom. The van der Waals surface area contributed by atoms with Crippen molar-refractivity contribution in [2.45, 2.75) is 77.9 Å². The molecule has 2 aromatic carbocycles. The van der Waals surface area contributed by atoms with Crippen molar-refractivity contribution in [1.29, 1.82) is 0 Å². The van der Waals surface area contributed by atoms with Crippen LogP contribution in [-0.4, -0.2) is 104 Å². The van der Waals surface area contributed by atoms with Crippen LogP contribution in [0.25, 0.3) is 22.3 Å². The highest BCUT2D eigenvalue weighted by molar-refractivity contribution is 7.88. The Balaban J connectivity index is 0.000000203. The highest BCUT2D eigenvalue weighted by Crippen LogP contribution is 2.35. The number of carbonyl (C=O) groups is 2. The van der Waals surface area contributed by atoms with Gasteiger partial charge in [0.15, 0.2) is 0 Å². The first-order valence-electron chi connectivity index (χ1n) is 18.8. The number of sulfonamides is 2. The number of aromatic nitrogens is 2. The Kier molecular flexibility index (Phi) is 12.3. The minimum Gasteiger partial charge on any atom is -0.397 e. The molecule has 2 amide bonds. The quantitative estimate of drug-likeness (QED) is 0.143. The van der Waals surface area contributed by atoms with E-state index in [2.05, 4.69) is 31.6 Å². The van der Waals surface area contributed by atoms with Crippen LogP contribution < -0.4 is 27.0 Å². The summed E-state index contributed by atoms with van der Waals surface area (Å²) in [4.78, 5) is 24.7. The zero-order valence-electron chi connectivity index (χ0n) is 33.0. The number of nitrogens with zero attached hydrogens (tertiary/aromatic N) is 4. The third-order valence-corrected chi connectivity index (χ3v) is 13.0. The molecule has 4 aromatic rings. The first-order valence-corrected chi connectivity index (χ1v) is 22.5. The van der Waals surface area contributed by atoms with E-state index in [-0.39, 0.29) is 23.9 Å². The van der Waals surface area contributed by atoms with Gasteiger partial charge in [0, 0.05) is 55.8 Å². The van der Waals surface area contributed by atoms with Crippen LogP contribution in [-0.2, 0) is 29.6 Å². The van der Waals surface area contributed by atoms with Crippen molar-refractivity contribution < 1.29 is 35.5 Å². The number of hydrogen-bond donors (Lipinski definition) is 5. The van der Waals surface area contributed by atoms with Gasteiger partial charge in [-0.3, -0.25) is 9.59 Å². The van der Waals surface area contributed by atoms with Gasteiger partial charge in [-0.1, -0.05) is 22.4 Å². The summed E-state index contributed by atoms with van der Waals surface area (Å²) in [5.41, 5.74) is 14.0. The number of nitrogens with two attached hydrogens (primary N) is 1. The lowest BCUT2D eigenvalue weighted by Gasteiger charge is -2.24. The summed E-state index contributed by atoms with van der Waals surface area (Å²) in [6.07, 6.45) is 5.53. The number of carbonyl (C=O) groups excluding carboxylic acids is 2. The van der Waals surface area contributed by atoms with Crippen LogP contribution in [0, 0.1) is 27.7 Å². The van der Waals surface area contributed by atoms with Gasteiger partial charge in [-0.25, -0.2) is 25.4 Å². The maximum Gasteiger partial charge on any atom is 0.247 e. The Morgan fingerprint density at radius 2 is 1.28 bits per heavy atom. The van der Waals surface area contributed by atoms with E-state index < -0.39 is 26.1 Å². The fourth-order valence-corrected chi connectivity index (χ4v) is 9.30. The highest BCUT2D eigenvalue weighted by atomic mass is 32.2. The third-order valence-electron chi connectivity index (χ3n) is 10.5. The van der Waals surface area contributed by atoms with Crippen LogP contribution in [0.15, 0.2) is 45.4 Å². The van der Waals surface area contributed by atoms with Crippen LogP contribution >= 0.6 is 0 Å². The Morgan fingerprint density at radius 3 is 1.74 bits per heavy atom. The van der Waals surface area contributed by atoms with Crippen molar-refractivity contribution in [3.63, 3.8) is 0 Å². The number of nitrogen functional groups attached to an aromatic ring is 1. The van der Waals surface area contributed by atoms with E-state index in [0.29, 0.717) is 74.7 Å². The first kappa shape index (κ1) is 41.6. The average Bonchev–Trinajstić information content (AvgIpc) is 3.95. The molecule has 17 nitrogen and oxygen atoms in total. The van der Waals surface area contributed by atoms with Crippen molar-refractivity contribution in [2.75, 3.05) is 60.4 Å². The molecule has 3 atom stereocenters. The smallest absolute Gasteiger partial charge is 0.247 e. The number of benzene rings is 2. The monoisotopic (exact) mass is 825 g/mol. The summed E-state index contributed by atoms with van der Waals surface area (Å²) in [7, 11) is -6.40. The molecule has 6 N–H and O–H groups in total. The normalized spacial score (nSPS) is 20.5. The van der Waals surface area contributed by atoms with Crippen LogP contribution in [0.5, 0.6) is 0 Å². The predicted octanol–water partition coefficient (Wildman–Crippen LogP) is 4.00. The van der Waals surface area contributed by atoms with E-state index in [0.717, 1.165) is 51.5 Å². The van der Waals surface area contributed by atoms with Gasteiger partial charge in [0.05, 0.1) is 46.6 Å². The second kappa shape index (κ2) is 16.9. The van der Waals surface area contributed by atoms with Gasteiger partial charge in [-0.2, -0.15) is 0 Å². The SMILES string of the molecule is Cc1noc(C)c1-c1ccc(N[C@@H]2CCN(S(C)(=O)=O)C2)c(N)c1.Cc1noc(C)c1-c1ccc(N[C@@H]2CCN(S(C)(=O)=O)C2)c(NC(=O)[C@H]2CCCC(=O)N2)c1. The second-order valence-corrected chi connectivity index (χ2v) is 18.9. The molecule has 0 radical (unpaired) electrons. The molecule has 57 heavy (non-hydrogen) atoms. The fraction of sp³-hybridized carbons (Fsp3) is 0.474. The molecular formula is C38H51N9O8S2. The van der Waals surface area contributed by atoms with Crippen molar-refractivity contribution in [3.8, 4) is 22.3 Å². The summed E-state index contributed by atoms with van der Waals surface area (Å²) in [6.45, 7) is 9.25. The molecule has 5 heterocycles. The lowest BCUT2D eigenvalue weighted by Crippen LogP contribution is -2.46. The maximum atomic E-state index is 12.9. The summed E-state index contributed by atoms with van der Waals surface area (Å²) in [5.74, 6) is 1.01. The molecule has 0 saturated carbocycles. The zero-order valence-corrected chi connectivity index (χ0v) is 34.6. The van der Waals surface area contributed by atoms with Crippen molar-refractivity contribution in [1.82, 2.24) is 24.2 Å². The second-order valence-electron chi connectivity index (χ2n) is 15.0. The average molecular weight is 826 g/mol. The van der Waals surface area contributed by atoms with Crippen LogP contribution in [0.2, 0.25) is 0 Å². The Labute approximate surface area is 333 Å². The van der Waals surface area contributed by atoms with E-state index in [1.54, 1.807) is 0 Å². The molecule has 19 heteroatoms. The maximum absolute atomic E-state index is 12.9. The topological polar surface area (TPSA) is 235 Å². The minimum atomic E-state index is -3.26. The summed E-state index contributed by atoms with van der Waals surface area (Å²) < 4.78 is 60.4. The van der Waals surface area contributed by atoms with Gasteiger partial charge < -0.3 is 36.0 Å². The molecule has 0 unspecified atom stereocenters. The number of amides is 2. The number of aryl methyl sites for hydroxylation is 4. The number of anilines is 4. The highest BCUT2D eigenvalue weighted by Gasteiger charge is 2.31. The number of hydrogen-bond acceptors (Lipinski definition) is 13. The van der Waals surface area contributed by atoms with E-state index in [1.165, 1.54) is 21.1 Å². The standard InChI is InChI=1S/C22H29N5O5S.C16H22N4O3S/c1-13-21(14(2)32-26-13)15-7-8-17(23-16-9-10-27(12-16)33(3,30)31)19(11-15)25-22(29)18-5-4-6-20(28)24-18;1-10-16(11(2)23-19-10)12-4-5-15(14(17)8-12)18-13-6-7-20(9-13)24(3,21)22/h7-8,11,16,18,23H,4-6,9-10,12H2,1-3H3,(H,24,28)(H,25,29);4-5,8,13,18H,6-7,9,17H2,1-3H3/t16-,18-;13-/m11/s1. The first-order chi connectivity index (χ1) is 26.9. The van der Waals surface area contributed by atoms with Crippen molar-refractivity contribution >= 4 is 54.6 Å². The van der Waals surface area contributed by atoms with Gasteiger partial charge >= 0.3 is 0 Å². The molecule has 0 aliphatic carbocycles. The molecular weight excluding hydrogens is 775 g/mol. The minimum absolute atomic E-state index is 0.0620. The van der Waals surface area contributed by atoms with Gasteiger partial charge in [-0.15, -0.1) is 0 Å². The Hall–Kier alpha value is -4.98. The van der Waals surface area contributed by atoms with Crippen molar-refractivity contribution in [3.05, 3.63) is 59.3 Å². The fourth-order valence-electron chi connectivity index (χ4n) is 7.53. The molecule has 3 aliphatic rings. The third kappa shape index (κ3) is 9.95. The molecule has 2 aromatic heterocycles. The van der Waals surface area contributed by atoms with E-state index in [4.69, 9.17) is 14.8 Å². The molecule has 308 valence electrons. The molecule has 3 aliphatic heterocycles. The lowest BCUT2D eigenvalue weighted by molar-refractivity contribution is -0.128. The van der Waals surface area contributed by atoms with Crippen LogP contribution in [0.1, 0.15) is 55.0 Å². The number of rotatable bonds is 10. The molecule has 7 rings (SSSR count). The molecule has 0 bridgehead atoms. The summed E-state index contributed by atoms with van der Waals surface area (Å²) >= 11 is 0. The summed E-state index contributed by atoms with van der Waals surface area (Å²) in [5, 5.41) is 20.4. The molecule has 0 spiro atoms. The zero-order chi connectivity index (χ0) is 41.2. The summed E-state index contributed by atoms with van der Waals surface area (Å²) in [6, 6.07) is 10.8. The van der Waals surface area contributed by atoms with Crippen molar-refractivity contribution in [2.24, 2.45) is 0 Å². The molecule has 3 saturated heterocycles. The predicted molar refractivity (Wildman–Crippen MR) is 219 cm³/mol. The number of piperidine rings is 1. The van der Waals surface area contributed by atoms with Gasteiger partial charge in [0.25, 0.3) is 0 Å². The van der Waals surface area contributed by atoms with Gasteiger partial charge in [0.2, 0.25) is 31.9 Å². The van der Waals surface area contributed by atoms with E-state index >= 15 is 0 Å².